The summed E-state index contributed by atoms with van der Waals surface area (Å²) in [4.78, 5) is 12.3. The molecule has 0 bridgehead atoms. The Labute approximate surface area is 121 Å². The van der Waals surface area contributed by atoms with Gasteiger partial charge in [0.2, 0.25) is 5.91 Å². The number of amides is 1. The number of rotatable bonds is 4. The van der Waals surface area contributed by atoms with Crippen LogP contribution in [0.15, 0.2) is 18.2 Å². The van der Waals surface area contributed by atoms with E-state index in [0.717, 1.165) is 29.7 Å². The summed E-state index contributed by atoms with van der Waals surface area (Å²) in [5.74, 6) is 0.671. The van der Waals surface area contributed by atoms with E-state index in [-0.39, 0.29) is 11.9 Å². The van der Waals surface area contributed by atoms with Crippen molar-refractivity contribution in [3.05, 3.63) is 29.3 Å². The average Bonchev–Trinajstić information content (AvgIpc) is 2.75. The van der Waals surface area contributed by atoms with Gasteiger partial charge in [0.1, 0.15) is 6.04 Å². The van der Waals surface area contributed by atoms with Gasteiger partial charge in [-0.3, -0.25) is 10.2 Å². The number of hydrogen-bond donors (Lipinski definition) is 3. The summed E-state index contributed by atoms with van der Waals surface area (Å²) in [5, 5.41) is 3.00. The highest BCUT2D eigenvalue weighted by atomic mass is 16.2. The number of carbonyl (C=O) groups is 1. The number of benzene rings is 1. The lowest BCUT2D eigenvalue weighted by Crippen LogP contribution is -2.40. The first-order valence-electron chi connectivity index (χ1n) is 7.34. The Balaban J connectivity index is 1.92. The van der Waals surface area contributed by atoms with Gasteiger partial charge < -0.3 is 5.32 Å². The van der Waals surface area contributed by atoms with Crippen molar-refractivity contribution in [2.24, 2.45) is 5.92 Å². The molecule has 20 heavy (non-hydrogen) atoms. The zero-order valence-electron chi connectivity index (χ0n) is 12.8. The highest BCUT2D eigenvalue weighted by molar-refractivity contribution is 5.95. The SMILES string of the molecule is Cc1cc(C)cc(NC(=O)C2CC(CC(C)C)NN2)c1. The molecule has 4 heteroatoms. The quantitative estimate of drug-likeness (QED) is 0.791. The molecule has 1 fully saturated rings. The van der Waals surface area contributed by atoms with E-state index in [1.807, 2.05) is 26.0 Å². The summed E-state index contributed by atoms with van der Waals surface area (Å²) >= 11 is 0. The molecule has 0 spiro atoms. The topological polar surface area (TPSA) is 53.2 Å². The maximum atomic E-state index is 12.3. The number of hydrazine groups is 1. The number of hydrogen-bond acceptors (Lipinski definition) is 3. The molecule has 3 N–H and O–H groups in total. The first kappa shape index (κ1) is 15.0. The van der Waals surface area contributed by atoms with Gasteiger partial charge in [0.15, 0.2) is 0 Å². The van der Waals surface area contributed by atoms with E-state index in [1.165, 1.54) is 0 Å². The highest BCUT2D eigenvalue weighted by Crippen LogP contribution is 2.17. The summed E-state index contributed by atoms with van der Waals surface area (Å²) in [6.07, 6.45) is 1.93. The third-order valence-electron chi connectivity index (χ3n) is 3.54. The number of aryl methyl sites for hydroxylation is 2. The van der Waals surface area contributed by atoms with Crippen molar-refractivity contribution in [2.75, 3.05) is 5.32 Å². The van der Waals surface area contributed by atoms with Gasteiger partial charge in [0, 0.05) is 11.7 Å². The second kappa shape index (κ2) is 6.37. The smallest absolute Gasteiger partial charge is 0.242 e. The van der Waals surface area contributed by atoms with Gasteiger partial charge in [-0.15, -0.1) is 0 Å². The van der Waals surface area contributed by atoms with E-state index in [2.05, 4.69) is 36.1 Å². The molecule has 1 aliphatic rings. The molecular weight excluding hydrogens is 250 g/mol. The van der Waals surface area contributed by atoms with Crippen molar-refractivity contribution in [1.29, 1.82) is 0 Å². The summed E-state index contributed by atoms with van der Waals surface area (Å²) in [7, 11) is 0. The van der Waals surface area contributed by atoms with Gasteiger partial charge in [-0.2, -0.15) is 0 Å². The van der Waals surface area contributed by atoms with Crippen molar-refractivity contribution in [1.82, 2.24) is 10.9 Å². The number of carbonyl (C=O) groups excluding carboxylic acids is 1. The lowest BCUT2D eigenvalue weighted by atomic mass is 10.00. The van der Waals surface area contributed by atoms with Crippen LogP contribution < -0.4 is 16.2 Å². The molecule has 110 valence electrons. The van der Waals surface area contributed by atoms with E-state index in [1.54, 1.807) is 0 Å². The molecule has 4 nitrogen and oxygen atoms in total. The van der Waals surface area contributed by atoms with Crippen LogP contribution in [0.1, 0.15) is 37.8 Å². The molecule has 0 radical (unpaired) electrons. The third kappa shape index (κ3) is 4.05. The van der Waals surface area contributed by atoms with Crippen molar-refractivity contribution in [2.45, 2.75) is 52.6 Å². The average molecular weight is 275 g/mol. The zero-order valence-corrected chi connectivity index (χ0v) is 12.8. The van der Waals surface area contributed by atoms with E-state index >= 15 is 0 Å². The fourth-order valence-corrected chi connectivity index (χ4v) is 2.79. The van der Waals surface area contributed by atoms with Crippen molar-refractivity contribution < 1.29 is 4.79 Å². The van der Waals surface area contributed by atoms with Crippen LogP contribution in [-0.2, 0) is 4.79 Å². The lowest BCUT2D eigenvalue weighted by molar-refractivity contribution is -0.117. The Morgan fingerprint density at radius 3 is 2.50 bits per heavy atom. The monoisotopic (exact) mass is 275 g/mol. The van der Waals surface area contributed by atoms with Crippen molar-refractivity contribution in [3.8, 4) is 0 Å². The zero-order chi connectivity index (χ0) is 14.7. The molecule has 2 rings (SSSR count). The maximum absolute atomic E-state index is 12.3. The standard InChI is InChI=1S/C16H25N3O/c1-10(2)5-14-9-15(19-18-14)16(20)17-13-7-11(3)6-12(4)8-13/h6-8,10,14-15,18-19H,5,9H2,1-4H3,(H,17,20). The van der Waals surface area contributed by atoms with Crippen LogP contribution in [0, 0.1) is 19.8 Å². The maximum Gasteiger partial charge on any atom is 0.242 e. The van der Waals surface area contributed by atoms with E-state index in [9.17, 15) is 4.79 Å². The van der Waals surface area contributed by atoms with Gasteiger partial charge in [0.05, 0.1) is 0 Å². The van der Waals surface area contributed by atoms with Crippen LogP contribution in [0.25, 0.3) is 0 Å². The molecule has 2 unspecified atom stereocenters. The highest BCUT2D eigenvalue weighted by Gasteiger charge is 2.29. The normalized spacial score (nSPS) is 22.2. The fraction of sp³-hybridized carbons (Fsp3) is 0.562. The number of nitrogens with one attached hydrogen (secondary N) is 3. The molecule has 1 saturated heterocycles. The van der Waals surface area contributed by atoms with Crippen LogP contribution in [-0.4, -0.2) is 18.0 Å². The van der Waals surface area contributed by atoms with Gasteiger partial charge in [-0.25, -0.2) is 5.43 Å². The Bertz CT molecular complexity index is 464. The summed E-state index contributed by atoms with van der Waals surface area (Å²) < 4.78 is 0. The van der Waals surface area contributed by atoms with E-state index in [0.29, 0.717) is 12.0 Å². The molecule has 0 saturated carbocycles. The molecule has 1 aromatic rings. The van der Waals surface area contributed by atoms with Crippen LogP contribution >= 0.6 is 0 Å². The molecule has 2 atom stereocenters. The molecular formula is C16H25N3O. The largest absolute Gasteiger partial charge is 0.325 e. The lowest BCUT2D eigenvalue weighted by Gasteiger charge is -2.12. The minimum absolute atomic E-state index is 0.0359. The molecule has 1 aliphatic heterocycles. The predicted molar refractivity (Wildman–Crippen MR) is 82.5 cm³/mol. The first-order chi connectivity index (χ1) is 9.44. The van der Waals surface area contributed by atoms with Crippen LogP contribution in [0.4, 0.5) is 5.69 Å². The number of anilines is 1. The van der Waals surface area contributed by atoms with Crippen LogP contribution in [0.5, 0.6) is 0 Å². The Morgan fingerprint density at radius 1 is 1.25 bits per heavy atom. The van der Waals surface area contributed by atoms with Gasteiger partial charge in [-0.1, -0.05) is 19.9 Å². The summed E-state index contributed by atoms with van der Waals surface area (Å²) in [6, 6.07) is 6.33. The first-order valence-corrected chi connectivity index (χ1v) is 7.34. The molecule has 0 aliphatic carbocycles. The minimum Gasteiger partial charge on any atom is -0.325 e. The molecule has 1 amide bonds. The van der Waals surface area contributed by atoms with Gasteiger partial charge in [-0.05, 0) is 55.9 Å². The van der Waals surface area contributed by atoms with Gasteiger partial charge in [0.25, 0.3) is 0 Å². The van der Waals surface area contributed by atoms with Crippen LogP contribution in [0.2, 0.25) is 0 Å². The minimum atomic E-state index is -0.153. The van der Waals surface area contributed by atoms with Gasteiger partial charge >= 0.3 is 0 Å². The molecule has 1 heterocycles. The Hall–Kier alpha value is -1.39. The summed E-state index contributed by atoms with van der Waals surface area (Å²) in [5.41, 5.74) is 9.52. The van der Waals surface area contributed by atoms with Crippen LogP contribution in [0.3, 0.4) is 0 Å². The Morgan fingerprint density at radius 2 is 1.90 bits per heavy atom. The molecule has 1 aromatic carbocycles. The fourth-order valence-electron chi connectivity index (χ4n) is 2.79. The van der Waals surface area contributed by atoms with E-state index in [4.69, 9.17) is 0 Å². The van der Waals surface area contributed by atoms with Crippen molar-refractivity contribution in [3.63, 3.8) is 0 Å². The summed E-state index contributed by atoms with van der Waals surface area (Å²) in [6.45, 7) is 8.47. The third-order valence-corrected chi connectivity index (χ3v) is 3.54. The van der Waals surface area contributed by atoms with Crippen molar-refractivity contribution >= 4 is 11.6 Å². The Kier molecular flexibility index (Phi) is 4.78. The molecule has 0 aromatic heterocycles. The second-order valence-corrected chi connectivity index (χ2v) is 6.27. The second-order valence-electron chi connectivity index (χ2n) is 6.27. The predicted octanol–water partition coefficient (Wildman–Crippen LogP) is 2.52. The van der Waals surface area contributed by atoms with E-state index < -0.39 is 0 Å².